The second-order valence-corrected chi connectivity index (χ2v) is 8.63. The second kappa shape index (κ2) is 12.2. The summed E-state index contributed by atoms with van der Waals surface area (Å²) in [5.74, 6) is -3.65. The van der Waals surface area contributed by atoms with Gasteiger partial charge < -0.3 is 21.3 Å². The van der Waals surface area contributed by atoms with E-state index in [1.807, 2.05) is 5.32 Å². The van der Waals surface area contributed by atoms with Crippen LogP contribution in [0.3, 0.4) is 0 Å². The van der Waals surface area contributed by atoms with Crippen molar-refractivity contribution in [1.82, 2.24) is 25.1 Å². The van der Waals surface area contributed by atoms with Gasteiger partial charge in [-0.1, -0.05) is 12.1 Å². The van der Waals surface area contributed by atoms with E-state index in [-0.39, 0.29) is 28.3 Å². The van der Waals surface area contributed by atoms with E-state index < -0.39 is 54.7 Å². The number of carbonyl (C=O) groups is 2. The molecule has 0 radical (unpaired) electrons. The number of nitrogens with zero attached hydrogens (tertiary/aromatic N) is 4. The van der Waals surface area contributed by atoms with Crippen molar-refractivity contribution in [3.05, 3.63) is 47.9 Å². The molecule has 2 heterocycles. The number of hydrogen-bond donors (Lipinski definition) is 4. The van der Waals surface area contributed by atoms with E-state index >= 15 is 0 Å². The molecule has 0 fully saturated rings. The number of nitrogen functional groups attached to an aromatic ring is 1. The standard InChI is InChI=1S/C21H20F6N6O2.C2HF3O2/c1-11-3-4-14(19(35,21(25,26)27)9-30-12(2)34)5-15(11)16-7-29-18(28)17(32-16)13-6-31-33(8-13)10-20(22,23)24;3-2(4,5)1(6)7/h3-8,35H,9-10H2,1-2H3,(H2,28,29)(H,30,34);(H,6,7). The van der Waals surface area contributed by atoms with E-state index in [0.29, 0.717) is 10.2 Å². The third-order valence-electron chi connectivity index (χ3n) is 5.34. The largest absolute Gasteiger partial charge is 0.490 e. The number of anilines is 1. The fourth-order valence-electron chi connectivity index (χ4n) is 3.27. The van der Waals surface area contributed by atoms with Crippen molar-refractivity contribution < 1.29 is 59.3 Å². The molecule has 2 aromatic heterocycles. The van der Waals surface area contributed by atoms with Gasteiger partial charge >= 0.3 is 24.5 Å². The van der Waals surface area contributed by atoms with E-state index in [4.69, 9.17) is 15.6 Å². The molecule has 1 atom stereocenters. The predicted octanol–water partition coefficient (Wildman–Crippen LogP) is 3.98. The quantitative estimate of drug-likeness (QED) is 0.303. The smallest absolute Gasteiger partial charge is 0.475 e. The highest BCUT2D eigenvalue weighted by Crippen LogP contribution is 2.40. The molecule has 0 saturated carbocycles. The summed E-state index contributed by atoms with van der Waals surface area (Å²) in [6.07, 6.45) is -11.4. The number of amides is 1. The Kier molecular flexibility index (Phi) is 9.82. The lowest BCUT2D eigenvalue weighted by Gasteiger charge is -2.31. The van der Waals surface area contributed by atoms with Gasteiger partial charge in [-0.2, -0.15) is 44.6 Å². The molecular weight excluding hydrogens is 595 g/mol. The van der Waals surface area contributed by atoms with Gasteiger partial charge in [-0.25, -0.2) is 14.8 Å². The molecule has 0 saturated heterocycles. The minimum atomic E-state index is -5.13. The molecule has 0 bridgehead atoms. The van der Waals surface area contributed by atoms with Gasteiger partial charge in [0.1, 0.15) is 18.1 Å². The molecule has 19 heteroatoms. The number of aryl methyl sites for hydroxylation is 1. The highest BCUT2D eigenvalue weighted by Gasteiger charge is 2.55. The summed E-state index contributed by atoms with van der Waals surface area (Å²) in [6, 6.07) is 3.46. The number of alkyl halides is 9. The average Bonchev–Trinajstić information content (AvgIpc) is 3.28. The van der Waals surface area contributed by atoms with Crippen molar-refractivity contribution in [2.24, 2.45) is 0 Å². The van der Waals surface area contributed by atoms with Crippen molar-refractivity contribution in [2.75, 3.05) is 12.3 Å². The third-order valence-corrected chi connectivity index (χ3v) is 5.34. The summed E-state index contributed by atoms with van der Waals surface area (Å²) in [5, 5.41) is 23.2. The SMILES string of the molecule is CC(=O)NCC(O)(c1ccc(C)c(-c2cnc(N)c(-c3cnn(CC(F)(F)F)c3)n2)c1)C(F)(F)F.O=C(O)C(F)(F)F. The lowest BCUT2D eigenvalue weighted by molar-refractivity contribution is -0.264. The van der Waals surface area contributed by atoms with Gasteiger partial charge in [-0.3, -0.25) is 9.48 Å². The number of carboxylic acid groups (broad SMARTS) is 1. The van der Waals surface area contributed by atoms with Gasteiger partial charge in [-0.05, 0) is 24.1 Å². The lowest BCUT2D eigenvalue weighted by atomic mass is 9.89. The van der Waals surface area contributed by atoms with E-state index in [0.717, 1.165) is 31.5 Å². The van der Waals surface area contributed by atoms with Crippen molar-refractivity contribution in [3.63, 3.8) is 0 Å². The molecule has 3 aromatic rings. The summed E-state index contributed by atoms with van der Waals surface area (Å²) >= 11 is 0. The first-order chi connectivity index (χ1) is 19.0. The number of nitrogens with two attached hydrogens (primary N) is 1. The van der Waals surface area contributed by atoms with E-state index in [1.54, 1.807) is 6.92 Å². The highest BCUT2D eigenvalue weighted by atomic mass is 19.4. The zero-order valence-electron chi connectivity index (χ0n) is 21.4. The molecule has 42 heavy (non-hydrogen) atoms. The summed E-state index contributed by atoms with van der Waals surface area (Å²) in [5.41, 5.74) is 2.66. The van der Waals surface area contributed by atoms with Crippen LogP contribution < -0.4 is 11.1 Å². The molecule has 230 valence electrons. The average molecular weight is 616 g/mol. The molecule has 0 aliphatic heterocycles. The number of hydrogen-bond acceptors (Lipinski definition) is 7. The minimum Gasteiger partial charge on any atom is -0.475 e. The number of carbonyl (C=O) groups excluding carboxylic acids is 1. The number of halogens is 9. The summed E-state index contributed by atoms with van der Waals surface area (Å²) in [4.78, 5) is 28.3. The predicted molar refractivity (Wildman–Crippen MR) is 126 cm³/mol. The number of nitrogens with one attached hydrogen (secondary N) is 1. The van der Waals surface area contributed by atoms with Crippen LogP contribution in [0.25, 0.3) is 22.5 Å². The lowest BCUT2D eigenvalue weighted by Crippen LogP contribution is -2.50. The van der Waals surface area contributed by atoms with Crippen LogP contribution in [0.4, 0.5) is 45.3 Å². The molecule has 0 spiro atoms. The van der Waals surface area contributed by atoms with Gasteiger partial charge in [0.15, 0.2) is 0 Å². The summed E-state index contributed by atoms with van der Waals surface area (Å²) in [7, 11) is 0. The zero-order valence-corrected chi connectivity index (χ0v) is 21.4. The Hall–Kier alpha value is -4.42. The van der Waals surface area contributed by atoms with Gasteiger partial charge in [0, 0.05) is 24.2 Å². The Bertz CT molecular complexity index is 1440. The van der Waals surface area contributed by atoms with Crippen LogP contribution in [-0.4, -0.2) is 66.9 Å². The van der Waals surface area contributed by atoms with Crippen LogP contribution in [0, 0.1) is 6.92 Å². The molecule has 0 aliphatic rings. The van der Waals surface area contributed by atoms with E-state index in [1.165, 1.54) is 12.3 Å². The first-order valence-electron chi connectivity index (χ1n) is 11.2. The monoisotopic (exact) mass is 616 g/mol. The van der Waals surface area contributed by atoms with Crippen molar-refractivity contribution in [1.29, 1.82) is 0 Å². The van der Waals surface area contributed by atoms with Crippen molar-refractivity contribution in [2.45, 2.75) is 44.5 Å². The molecule has 5 N–H and O–H groups in total. The molecule has 1 amide bonds. The first-order valence-corrected chi connectivity index (χ1v) is 11.2. The van der Waals surface area contributed by atoms with Gasteiger partial charge in [0.2, 0.25) is 11.5 Å². The van der Waals surface area contributed by atoms with Crippen LogP contribution >= 0.6 is 0 Å². The molecule has 10 nitrogen and oxygen atoms in total. The Morgan fingerprint density at radius 3 is 2.14 bits per heavy atom. The third kappa shape index (κ3) is 8.54. The minimum absolute atomic E-state index is 0.0231. The number of carboxylic acids is 1. The first kappa shape index (κ1) is 33.8. The van der Waals surface area contributed by atoms with Crippen molar-refractivity contribution in [3.8, 4) is 22.5 Å². The molecule has 0 aliphatic carbocycles. The van der Waals surface area contributed by atoms with Crippen LogP contribution in [0.15, 0.2) is 36.8 Å². The normalized spacial score (nSPS) is 13.5. The maximum atomic E-state index is 13.8. The summed E-state index contributed by atoms with van der Waals surface area (Å²) < 4.78 is 112. The van der Waals surface area contributed by atoms with E-state index in [9.17, 15) is 49.4 Å². The number of aliphatic carboxylic acids is 1. The maximum absolute atomic E-state index is 13.8. The van der Waals surface area contributed by atoms with Crippen molar-refractivity contribution >= 4 is 17.7 Å². The topological polar surface area (TPSA) is 156 Å². The number of benzene rings is 1. The Balaban J connectivity index is 0.000000782. The van der Waals surface area contributed by atoms with Crippen LogP contribution in [0.5, 0.6) is 0 Å². The summed E-state index contributed by atoms with van der Waals surface area (Å²) in [6.45, 7) is 0.134. The Morgan fingerprint density at radius 2 is 1.64 bits per heavy atom. The molecule has 1 unspecified atom stereocenters. The second-order valence-electron chi connectivity index (χ2n) is 8.63. The Labute approximate surface area is 230 Å². The maximum Gasteiger partial charge on any atom is 0.490 e. The number of rotatable bonds is 6. The van der Waals surface area contributed by atoms with Crippen LogP contribution in [-0.2, 0) is 21.7 Å². The van der Waals surface area contributed by atoms with Crippen LogP contribution in [0.2, 0.25) is 0 Å². The zero-order chi connectivity index (χ0) is 32.3. The highest BCUT2D eigenvalue weighted by molar-refractivity contribution is 5.74. The fraction of sp³-hybridized carbons (Fsp3) is 0.348. The fourth-order valence-corrected chi connectivity index (χ4v) is 3.27. The molecule has 3 rings (SSSR count). The number of aliphatic hydroxyl groups is 1. The molecule has 1 aromatic carbocycles. The van der Waals surface area contributed by atoms with Gasteiger partial charge in [0.25, 0.3) is 0 Å². The van der Waals surface area contributed by atoms with Gasteiger partial charge in [-0.15, -0.1) is 0 Å². The van der Waals surface area contributed by atoms with E-state index in [2.05, 4.69) is 15.1 Å². The molecular formula is C23H21F9N6O4. The number of aromatic nitrogens is 4. The van der Waals surface area contributed by atoms with Crippen LogP contribution in [0.1, 0.15) is 18.1 Å². The Morgan fingerprint density at radius 1 is 1.05 bits per heavy atom. The van der Waals surface area contributed by atoms with Gasteiger partial charge in [0.05, 0.1) is 24.6 Å².